The van der Waals surface area contributed by atoms with Crippen LogP contribution in [0.5, 0.6) is 0 Å². The van der Waals surface area contributed by atoms with Crippen molar-refractivity contribution in [2.75, 3.05) is 29.9 Å². The predicted octanol–water partition coefficient (Wildman–Crippen LogP) is 4.63. The molecule has 8 heteroatoms. The summed E-state index contributed by atoms with van der Waals surface area (Å²) in [5.74, 6) is 2.38. The van der Waals surface area contributed by atoms with Gasteiger partial charge in [0, 0.05) is 54.2 Å². The van der Waals surface area contributed by atoms with Gasteiger partial charge in [-0.25, -0.2) is 4.98 Å². The van der Waals surface area contributed by atoms with Crippen molar-refractivity contribution in [2.24, 2.45) is 0 Å². The second-order valence-corrected chi connectivity index (χ2v) is 9.00. The van der Waals surface area contributed by atoms with E-state index in [0.717, 1.165) is 31.6 Å². The molecule has 0 saturated carbocycles. The van der Waals surface area contributed by atoms with E-state index in [4.69, 9.17) is 18.0 Å². The Kier molecular flexibility index (Phi) is 6.61. The van der Waals surface area contributed by atoms with Gasteiger partial charge in [-0.15, -0.1) is 6.42 Å². The summed E-state index contributed by atoms with van der Waals surface area (Å²) in [7, 11) is 0. The van der Waals surface area contributed by atoms with Crippen molar-refractivity contribution in [1.82, 2.24) is 15.2 Å². The summed E-state index contributed by atoms with van der Waals surface area (Å²) < 4.78 is 0. The number of benzene rings is 2. The molecule has 36 heavy (non-hydrogen) atoms. The third-order valence-electron chi connectivity index (χ3n) is 6.33. The van der Waals surface area contributed by atoms with Crippen LogP contribution >= 0.6 is 11.6 Å². The summed E-state index contributed by atoms with van der Waals surface area (Å²) in [6.07, 6.45) is 9.79. The number of halogens is 1. The quantitative estimate of drug-likeness (QED) is 0.367. The fourth-order valence-corrected chi connectivity index (χ4v) is 4.39. The summed E-state index contributed by atoms with van der Waals surface area (Å²) in [6, 6.07) is 15.9. The lowest BCUT2D eigenvalue weighted by atomic mass is 10.00. The smallest absolute Gasteiger partial charge is 0.259 e. The Balaban J connectivity index is 1.43. The Morgan fingerprint density at radius 2 is 1.94 bits per heavy atom. The molecule has 3 heterocycles. The zero-order chi connectivity index (χ0) is 25.1. The molecule has 0 aliphatic carbocycles. The second-order valence-electron chi connectivity index (χ2n) is 8.56. The number of amides is 2. The minimum absolute atomic E-state index is 0.239. The number of aromatic nitrogens is 1. The number of terminal acetylenes is 1. The topological polar surface area (TPSA) is 77.6 Å². The number of carbonyl (C=O) groups excluding carboxylic acids is 2. The van der Waals surface area contributed by atoms with Crippen LogP contribution in [-0.2, 0) is 4.79 Å². The van der Waals surface area contributed by atoms with E-state index in [1.165, 1.54) is 35.0 Å². The van der Waals surface area contributed by atoms with Crippen LogP contribution < -0.4 is 15.5 Å². The van der Waals surface area contributed by atoms with Crippen LogP contribution in [0, 0.1) is 12.3 Å². The lowest BCUT2D eigenvalue weighted by molar-refractivity contribution is -0.106. The first-order chi connectivity index (χ1) is 17.6. The fourth-order valence-electron chi connectivity index (χ4n) is 4.21. The summed E-state index contributed by atoms with van der Waals surface area (Å²) >= 11 is 6.21. The van der Waals surface area contributed by atoms with Crippen LogP contribution in [0.4, 0.5) is 17.2 Å². The van der Waals surface area contributed by atoms with E-state index < -0.39 is 5.91 Å². The molecule has 0 spiro atoms. The van der Waals surface area contributed by atoms with Crippen LogP contribution in [0.25, 0.3) is 5.70 Å². The van der Waals surface area contributed by atoms with E-state index >= 15 is 0 Å². The van der Waals surface area contributed by atoms with E-state index in [0.29, 0.717) is 34.2 Å². The SMILES string of the molecule is C#Cc1ccc(NC(=O)c2cc(Cl)ccc2N(C=O)c2ccc(C(=C3CCN3)N3CCC3)cc2)nc1. The largest absolute Gasteiger partial charge is 0.386 e. The first-order valence-corrected chi connectivity index (χ1v) is 12.1. The van der Waals surface area contributed by atoms with Crippen LogP contribution in [0.15, 0.2) is 66.5 Å². The van der Waals surface area contributed by atoms with Crippen LogP contribution in [0.1, 0.15) is 34.3 Å². The van der Waals surface area contributed by atoms with Crippen molar-refractivity contribution in [3.8, 4) is 12.3 Å². The van der Waals surface area contributed by atoms with Crippen molar-refractivity contribution < 1.29 is 9.59 Å². The normalized spacial score (nSPS) is 15.5. The molecule has 5 rings (SSSR count). The summed E-state index contributed by atoms with van der Waals surface area (Å²) in [4.78, 5) is 33.4. The first kappa shape index (κ1) is 23.5. The van der Waals surface area contributed by atoms with Gasteiger partial charge in [0.25, 0.3) is 5.91 Å². The molecule has 7 nitrogen and oxygen atoms in total. The number of pyridine rings is 1. The van der Waals surface area contributed by atoms with Gasteiger partial charge < -0.3 is 15.5 Å². The number of anilines is 3. The molecule has 2 N–H and O–H groups in total. The molecule has 1 aromatic heterocycles. The predicted molar refractivity (Wildman–Crippen MR) is 142 cm³/mol. The molecule has 0 unspecified atom stereocenters. The number of likely N-dealkylation sites (tertiary alicyclic amines) is 1. The van der Waals surface area contributed by atoms with E-state index in [1.807, 2.05) is 24.3 Å². The molecular weight excluding hydrogens is 474 g/mol. The maximum atomic E-state index is 13.2. The Morgan fingerprint density at radius 1 is 1.17 bits per heavy atom. The lowest BCUT2D eigenvalue weighted by Crippen LogP contribution is -2.40. The third kappa shape index (κ3) is 4.64. The summed E-state index contributed by atoms with van der Waals surface area (Å²) in [5.41, 5.74) is 5.47. The van der Waals surface area contributed by atoms with E-state index in [1.54, 1.807) is 24.3 Å². The molecule has 2 aliphatic heterocycles. The maximum Gasteiger partial charge on any atom is 0.259 e. The number of nitrogens with one attached hydrogen (secondary N) is 2. The molecule has 2 aliphatic rings. The van der Waals surface area contributed by atoms with E-state index in [2.05, 4.69) is 26.4 Å². The molecule has 0 atom stereocenters. The highest BCUT2D eigenvalue weighted by atomic mass is 35.5. The molecule has 2 saturated heterocycles. The second kappa shape index (κ2) is 10.1. The van der Waals surface area contributed by atoms with Gasteiger partial charge in [0.15, 0.2) is 0 Å². The standard InChI is InChI=1S/C28H24ClN5O2/c1-2-19-4-11-26(31-17-19)32-28(36)23-16-21(29)7-10-25(23)34(18-35)22-8-5-20(6-9-22)27(24-12-13-30-24)33-14-3-15-33/h1,4-11,16-18,30H,3,12-15H2,(H,31,32,36). The average Bonchev–Trinajstić information content (AvgIpc) is 2.83. The van der Waals surface area contributed by atoms with Gasteiger partial charge in [-0.2, -0.15) is 0 Å². The number of hydrogen-bond acceptors (Lipinski definition) is 5. The number of rotatable bonds is 7. The first-order valence-electron chi connectivity index (χ1n) is 11.7. The Labute approximate surface area is 214 Å². The Morgan fingerprint density at radius 3 is 2.50 bits per heavy atom. The Hall–Kier alpha value is -4.28. The van der Waals surface area contributed by atoms with Crippen LogP contribution in [0.3, 0.4) is 0 Å². The fraction of sp³-hybridized carbons (Fsp3) is 0.179. The maximum absolute atomic E-state index is 13.2. The van der Waals surface area contributed by atoms with Gasteiger partial charge >= 0.3 is 0 Å². The average molecular weight is 498 g/mol. The number of nitrogens with zero attached hydrogens (tertiary/aromatic N) is 3. The third-order valence-corrected chi connectivity index (χ3v) is 6.57. The van der Waals surface area contributed by atoms with Crippen LogP contribution in [0.2, 0.25) is 5.02 Å². The monoisotopic (exact) mass is 497 g/mol. The highest BCUT2D eigenvalue weighted by molar-refractivity contribution is 6.31. The molecule has 0 radical (unpaired) electrons. The van der Waals surface area contributed by atoms with Gasteiger partial charge in [0.2, 0.25) is 6.41 Å². The highest BCUT2D eigenvalue weighted by Crippen LogP contribution is 2.34. The van der Waals surface area contributed by atoms with Crippen LogP contribution in [-0.4, -0.2) is 41.8 Å². The molecule has 2 fully saturated rings. The number of hydrogen-bond donors (Lipinski definition) is 2. The number of carbonyl (C=O) groups is 2. The molecule has 0 bridgehead atoms. The minimum Gasteiger partial charge on any atom is -0.386 e. The van der Waals surface area contributed by atoms with Crippen molar-refractivity contribution >= 4 is 46.8 Å². The summed E-state index contributed by atoms with van der Waals surface area (Å²) in [6.45, 7) is 3.09. The molecule has 180 valence electrons. The van der Waals surface area contributed by atoms with Crippen molar-refractivity contribution in [3.05, 3.63) is 88.2 Å². The highest BCUT2D eigenvalue weighted by Gasteiger charge is 2.25. The van der Waals surface area contributed by atoms with Crippen molar-refractivity contribution in [2.45, 2.75) is 12.8 Å². The molecular formula is C28H24ClN5O2. The van der Waals surface area contributed by atoms with Gasteiger partial charge in [0.05, 0.1) is 16.9 Å². The van der Waals surface area contributed by atoms with Gasteiger partial charge in [0.1, 0.15) is 5.82 Å². The van der Waals surface area contributed by atoms with Gasteiger partial charge in [-0.3, -0.25) is 14.5 Å². The molecule has 2 amide bonds. The zero-order valence-corrected chi connectivity index (χ0v) is 20.3. The zero-order valence-electron chi connectivity index (χ0n) is 19.5. The lowest BCUT2D eigenvalue weighted by Gasteiger charge is -2.39. The molecule has 3 aromatic rings. The van der Waals surface area contributed by atoms with E-state index in [-0.39, 0.29) is 5.56 Å². The summed E-state index contributed by atoms with van der Waals surface area (Å²) in [5, 5.41) is 6.54. The van der Waals surface area contributed by atoms with Gasteiger partial charge in [-0.05, 0) is 54.4 Å². The van der Waals surface area contributed by atoms with Crippen molar-refractivity contribution in [1.29, 1.82) is 0 Å². The van der Waals surface area contributed by atoms with Gasteiger partial charge in [-0.1, -0.05) is 29.7 Å². The molecule has 2 aromatic carbocycles. The minimum atomic E-state index is -0.446. The Bertz CT molecular complexity index is 1370. The van der Waals surface area contributed by atoms with Crippen molar-refractivity contribution in [3.63, 3.8) is 0 Å². The van der Waals surface area contributed by atoms with E-state index in [9.17, 15) is 9.59 Å².